The molecule has 1 saturated heterocycles. The smallest absolute Gasteiger partial charge is 0.390 e. The molecule has 1 fully saturated rings. The van der Waals surface area contributed by atoms with Crippen molar-refractivity contribution < 1.29 is 10.0 Å². The van der Waals surface area contributed by atoms with E-state index in [1.807, 2.05) is 0 Å². The Balaban J connectivity index is 1.89. The summed E-state index contributed by atoms with van der Waals surface area (Å²) >= 11 is 3.08. The molecule has 1 aromatic heterocycles. The lowest BCUT2D eigenvalue weighted by atomic mass is 10.3. The molecule has 1 unspecified atom stereocenters. The zero-order valence-corrected chi connectivity index (χ0v) is 11.9. The van der Waals surface area contributed by atoms with Crippen molar-refractivity contribution in [2.24, 2.45) is 0 Å². The average molecular weight is 334 g/mol. The molecular formula is C10H16BrN5O3. The molecule has 0 saturated carbocycles. The number of aliphatic hydroxyl groups excluding tert-OH is 1. The van der Waals surface area contributed by atoms with Crippen molar-refractivity contribution in [2.45, 2.75) is 12.6 Å². The minimum Gasteiger partial charge on any atom is -0.390 e. The second kappa shape index (κ2) is 6.42. The molecule has 1 aliphatic rings. The summed E-state index contributed by atoms with van der Waals surface area (Å²) < 4.78 is 1.72. The van der Waals surface area contributed by atoms with Gasteiger partial charge < -0.3 is 20.5 Å². The zero-order chi connectivity index (χ0) is 13.8. The quantitative estimate of drug-likeness (QED) is 0.573. The number of nitro groups is 1. The van der Waals surface area contributed by atoms with Crippen LogP contribution in [0.5, 0.6) is 0 Å². The van der Waals surface area contributed by atoms with Gasteiger partial charge in [-0.25, -0.2) is 0 Å². The first kappa shape index (κ1) is 14.4. The number of aliphatic hydroxyl groups is 1. The highest BCUT2D eigenvalue weighted by atomic mass is 79.9. The van der Waals surface area contributed by atoms with Gasteiger partial charge in [0.2, 0.25) is 0 Å². The summed E-state index contributed by atoms with van der Waals surface area (Å²) in [7, 11) is 0. The number of rotatable bonds is 5. The number of halogens is 1. The van der Waals surface area contributed by atoms with Crippen molar-refractivity contribution in [1.29, 1.82) is 0 Å². The van der Waals surface area contributed by atoms with Gasteiger partial charge in [-0.15, -0.1) is 0 Å². The summed E-state index contributed by atoms with van der Waals surface area (Å²) in [6.07, 6.45) is 0.920. The topological polar surface area (TPSA) is 96.5 Å². The van der Waals surface area contributed by atoms with E-state index in [2.05, 4.69) is 31.2 Å². The van der Waals surface area contributed by atoms with Crippen LogP contribution in [0.15, 0.2) is 10.7 Å². The Morgan fingerprint density at radius 3 is 2.79 bits per heavy atom. The first-order valence-electron chi connectivity index (χ1n) is 6.04. The SMILES string of the molecule is O=[N+]([O-])c1nn(CC(O)CN2CCNCC2)cc1Br. The Morgan fingerprint density at radius 1 is 1.53 bits per heavy atom. The van der Waals surface area contributed by atoms with Gasteiger partial charge in [0.25, 0.3) is 0 Å². The molecule has 0 spiro atoms. The van der Waals surface area contributed by atoms with Crippen molar-refractivity contribution in [3.05, 3.63) is 20.8 Å². The van der Waals surface area contributed by atoms with Gasteiger partial charge in [0, 0.05) is 32.7 Å². The van der Waals surface area contributed by atoms with Crippen LogP contribution in [0.1, 0.15) is 0 Å². The average Bonchev–Trinajstić information content (AvgIpc) is 2.71. The first-order valence-corrected chi connectivity index (χ1v) is 6.84. The van der Waals surface area contributed by atoms with Crippen LogP contribution < -0.4 is 5.32 Å². The van der Waals surface area contributed by atoms with Gasteiger partial charge in [0.05, 0.1) is 23.9 Å². The Kier molecular flexibility index (Phi) is 4.86. The summed E-state index contributed by atoms with van der Waals surface area (Å²) in [4.78, 5) is 12.3. The van der Waals surface area contributed by atoms with Gasteiger partial charge in [0.15, 0.2) is 0 Å². The maximum Gasteiger partial charge on any atom is 0.404 e. The fraction of sp³-hybridized carbons (Fsp3) is 0.700. The molecule has 1 atom stereocenters. The van der Waals surface area contributed by atoms with E-state index >= 15 is 0 Å². The van der Waals surface area contributed by atoms with Gasteiger partial charge in [-0.1, -0.05) is 0 Å². The van der Waals surface area contributed by atoms with Crippen LogP contribution in [-0.2, 0) is 6.54 Å². The predicted molar refractivity (Wildman–Crippen MR) is 71.9 cm³/mol. The number of hydrogen-bond acceptors (Lipinski definition) is 6. The molecule has 106 valence electrons. The minimum atomic E-state index is -0.593. The second-order valence-electron chi connectivity index (χ2n) is 4.48. The van der Waals surface area contributed by atoms with Crippen LogP contribution in [-0.4, -0.2) is 63.5 Å². The monoisotopic (exact) mass is 333 g/mol. The fourth-order valence-electron chi connectivity index (χ4n) is 2.07. The Labute approximate surface area is 118 Å². The lowest BCUT2D eigenvalue weighted by molar-refractivity contribution is -0.390. The largest absolute Gasteiger partial charge is 0.404 e. The van der Waals surface area contributed by atoms with Gasteiger partial charge in [0.1, 0.15) is 4.47 Å². The molecule has 2 heterocycles. The van der Waals surface area contributed by atoms with E-state index in [9.17, 15) is 15.2 Å². The second-order valence-corrected chi connectivity index (χ2v) is 5.34. The Bertz CT molecular complexity index is 446. The zero-order valence-electron chi connectivity index (χ0n) is 10.3. The van der Waals surface area contributed by atoms with Crippen LogP contribution in [0.3, 0.4) is 0 Å². The Hall–Kier alpha value is -1.03. The van der Waals surface area contributed by atoms with E-state index in [0.29, 0.717) is 11.0 Å². The van der Waals surface area contributed by atoms with Crippen LogP contribution in [0.4, 0.5) is 5.82 Å². The third-order valence-electron chi connectivity index (χ3n) is 2.95. The number of piperazine rings is 1. The Morgan fingerprint density at radius 2 is 2.21 bits per heavy atom. The minimum absolute atomic E-state index is 0.227. The van der Waals surface area contributed by atoms with Crippen molar-refractivity contribution in [1.82, 2.24) is 20.0 Å². The number of hydrogen-bond donors (Lipinski definition) is 2. The van der Waals surface area contributed by atoms with Crippen molar-refractivity contribution in [2.75, 3.05) is 32.7 Å². The van der Waals surface area contributed by atoms with Crippen LogP contribution >= 0.6 is 15.9 Å². The molecule has 0 bridgehead atoms. The summed E-state index contributed by atoms with van der Waals surface area (Å²) in [5.41, 5.74) is 0. The summed E-state index contributed by atoms with van der Waals surface area (Å²) in [6.45, 7) is 4.44. The molecular weight excluding hydrogens is 318 g/mol. The van der Waals surface area contributed by atoms with Crippen LogP contribution in [0.25, 0.3) is 0 Å². The van der Waals surface area contributed by atoms with Gasteiger partial charge >= 0.3 is 5.82 Å². The highest BCUT2D eigenvalue weighted by Gasteiger charge is 2.21. The maximum absolute atomic E-state index is 10.7. The molecule has 9 heteroatoms. The summed E-state index contributed by atoms with van der Waals surface area (Å²) in [5, 5.41) is 27.7. The molecule has 1 aliphatic heterocycles. The van der Waals surface area contributed by atoms with Gasteiger partial charge in [-0.3, -0.25) is 4.90 Å². The predicted octanol–water partition coefficient (Wildman–Crippen LogP) is -0.180. The first-order chi connectivity index (χ1) is 9.06. The number of β-amino-alcohol motifs (C(OH)–C–C–N with tert-alkyl or cyclic N) is 1. The molecule has 0 aliphatic carbocycles. The standard InChI is InChI=1S/C10H16BrN5O3/c11-9-7-15(13-10(9)16(18)19)6-8(17)5-14-3-1-12-2-4-14/h7-8,12,17H,1-6H2. The van der Waals surface area contributed by atoms with Crippen LogP contribution in [0.2, 0.25) is 0 Å². The van der Waals surface area contributed by atoms with Crippen molar-refractivity contribution in [3.63, 3.8) is 0 Å². The highest BCUT2D eigenvalue weighted by Crippen LogP contribution is 2.22. The van der Waals surface area contributed by atoms with Gasteiger partial charge in [-0.05, 0) is 20.9 Å². The maximum atomic E-state index is 10.7. The number of aromatic nitrogens is 2. The normalized spacial score (nSPS) is 18.4. The fourth-order valence-corrected chi connectivity index (χ4v) is 2.53. The van der Waals surface area contributed by atoms with E-state index in [1.54, 1.807) is 0 Å². The van der Waals surface area contributed by atoms with Gasteiger partial charge in [-0.2, -0.15) is 4.68 Å². The molecule has 2 N–H and O–H groups in total. The third kappa shape index (κ3) is 3.96. The van der Waals surface area contributed by atoms with Crippen molar-refractivity contribution >= 4 is 21.7 Å². The molecule has 19 heavy (non-hydrogen) atoms. The molecule has 8 nitrogen and oxygen atoms in total. The van der Waals surface area contributed by atoms with E-state index in [1.165, 1.54) is 10.9 Å². The molecule has 2 rings (SSSR count). The van der Waals surface area contributed by atoms with E-state index in [0.717, 1.165) is 26.2 Å². The lowest BCUT2D eigenvalue weighted by Crippen LogP contribution is -2.46. The van der Waals surface area contributed by atoms with E-state index < -0.39 is 11.0 Å². The molecule has 0 aromatic carbocycles. The molecule has 0 amide bonds. The summed E-state index contributed by atoms with van der Waals surface area (Å²) in [6, 6.07) is 0. The third-order valence-corrected chi connectivity index (χ3v) is 3.51. The number of nitrogens with one attached hydrogen (secondary N) is 1. The lowest BCUT2D eigenvalue weighted by Gasteiger charge is -2.28. The van der Waals surface area contributed by atoms with E-state index in [-0.39, 0.29) is 12.4 Å². The number of nitrogens with zero attached hydrogens (tertiary/aromatic N) is 4. The van der Waals surface area contributed by atoms with Crippen molar-refractivity contribution in [3.8, 4) is 0 Å². The summed E-state index contributed by atoms with van der Waals surface area (Å²) in [5.74, 6) is -0.227. The molecule has 0 radical (unpaired) electrons. The highest BCUT2D eigenvalue weighted by molar-refractivity contribution is 9.10. The van der Waals surface area contributed by atoms with E-state index in [4.69, 9.17) is 0 Å². The van der Waals surface area contributed by atoms with Crippen LogP contribution in [0, 0.1) is 10.1 Å². The molecule has 1 aromatic rings.